The van der Waals surface area contributed by atoms with Gasteiger partial charge >= 0.3 is 0 Å². The molecule has 5 nitrogen and oxygen atoms in total. The zero-order valence-corrected chi connectivity index (χ0v) is 17.2. The molecule has 154 valence electrons. The molecule has 0 spiro atoms. The van der Waals surface area contributed by atoms with E-state index < -0.39 is 0 Å². The minimum atomic E-state index is -0.373. The van der Waals surface area contributed by atoms with Gasteiger partial charge in [0, 0.05) is 18.1 Å². The van der Waals surface area contributed by atoms with Gasteiger partial charge in [0.1, 0.15) is 11.6 Å². The number of halogens is 1. The molecule has 1 unspecified atom stereocenters. The number of hydrogen-bond acceptors (Lipinski definition) is 4. The van der Waals surface area contributed by atoms with E-state index in [1.165, 1.54) is 23.9 Å². The van der Waals surface area contributed by atoms with Gasteiger partial charge in [-0.1, -0.05) is 66.4 Å². The molecule has 31 heavy (non-hydrogen) atoms. The van der Waals surface area contributed by atoms with E-state index in [1.807, 2.05) is 42.5 Å². The fourth-order valence-electron chi connectivity index (χ4n) is 3.97. The molecule has 1 aromatic heterocycles. The van der Waals surface area contributed by atoms with Crippen LogP contribution < -0.4 is 10.9 Å². The Kier molecular flexibility index (Phi) is 5.03. The van der Waals surface area contributed by atoms with E-state index in [0.717, 1.165) is 21.9 Å². The molecule has 1 aliphatic heterocycles. The average Bonchev–Trinajstić information content (AvgIpc) is 2.77. The van der Waals surface area contributed by atoms with E-state index in [0.29, 0.717) is 22.3 Å². The van der Waals surface area contributed by atoms with Crippen molar-refractivity contribution in [3.05, 3.63) is 99.6 Å². The number of rotatable bonds is 4. The van der Waals surface area contributed by atoms with E-state index in [2.05, 4.69) is 15.3 Å². The third-order valence-corrected chi connectivity index (χ3v) is 6.36. The number of amides is 1. The molecule has 3 aromatic carbocycles. The van der Waals surface area contributed by atoms with Crippen molar-refractivity contribution in [2.24, 2.45) is 0 Å². The molecule has 5 rings (SSSR count). The lowest BCUT2D eigenvalue weighted by atomic mass is 9.84. The van der Waals surface area contributed by atoms with Gasteiger partial charge in [-0.2, -0.15) is 0 Å². The summed E-state index contributed by atoms with van der Waals surface area (Å²) in [7, 11) is 0. The minimum absolute atomic E-state index is 0.169. The summed E-state index contributed by atoms with van der Waals surface area (Å²) in [5, 5.41) is 5.25. The first-order valence-corrected chi connectivity index (χ1v) is 10.9. The number of aromatic nitrogens is 2. The van der Waals surface area contributed by atoms with E-state index in [4.69, 9.17) is 0 Å². The number of aromatic amines is 1. The van der Waals surface area contributed by atoms with Crippen LogP contribution in [0.3, 0.4) is 0 Å². The number of hydrogen-bond donors (Lipinski definition) is 2. The number of nitrogens with zero attached hydrogens (tertiary/aromatic N) is 1. The van der Waals surface area contributed by atoms with Crippen molar-refractivity contribution in [3.63, 3.8) is 0 Å². The summed E-state index contributed by atoms with van der Waals surface area (Å²) in [6, 6.07) is 20.0. The summed E-state index contributed by atoms with van der Waals surface area (Å²) < 4.78 is 13.1. The van der Waals surface area contributed by atoms with E-state index in [-0.39, 0.29) is 29.6 Å². The molecule has 4 aromatic rings. The second-order valence-electron chi connectivity index (χ2n) is 7.42. The predicted molar refractivity (Wildman–Crippen MR) is 120 cm³/mol. The van der Waals surface area contributed by atoms with Crippen LogP contribution in [0.15, 0.2) is 76.7 Å². The van der Waals surface area contributed by atoms with Gasteiger partial charge in [-0.05, 0) is 34.0 Å². The second-order valence-corrected chi connectivity index (χ2v) is 8.39. The maximum absolute atomic E-state index is 13.1. The Bertz CT molecular complexity index is 1350. The Morgan fingerprint density at radius 3 is 2.61 bits per heavy atom. The Labute approximate surface area is 181 Å². The molecular weight excluding hydrogens is 413 g/mol. The third kappa shape index (κ3) is 3.84. The largest absolute Gasteiger partial charge is 0.310 e. The highest BCUT2D eigenvalue weighted by atomic mass is 32.2. The number of H-pyrrole nitrogens is 1. The molecule has 1 aliphatic rings. The molecule has 0 aliphatic carbocycles. The third-order valence-electron chi connectivity index (χ3n) is 5.42. The first-order valence-electron chi connectivity index (χ1n) is 9.87. The molecule has 1 amide bonds. The fraction of sp³-hybridized carbons (Fsp3) is 0.125. The second kappa shape index (κ2) is 8.00. The monoisotopic (exact) mass is 431 g/mol. The molecule has 1 atom stereocenters. The molecular formula is C24H18FN3O2S. The Hall–Kier alpha value is -3.45. The molecule has 0 saturated carbocycles. The average molecular weight is 431 g/mol. The van der Waals surface area contributed by atoms with Crippen LogP contribution in [0.2, 0.25) is 0 Å². The highest BCUT2D eigenvalue weighted by Crippen LogP contribution is 2.37. The normalized spacial score (nSPS) is 15.5. The SMILES string of the molecule is O=C1CC(c2cccc3ccccc23)c2c(nc(SCc3ccc(F)cc3)[nH]c2=O)N1. The summed E-state index contributed by atoms with van der Waals surface area (Å²) >= 11 is 1.33. The molecule has 0 bridgehead atoms. The quantitative estimate of drug-likeness (QED) is 0.359. The van der Waals surface area contributed by atoms with E-state index in [9.17, 15) is 14.0 Å². The molecule has 2 heterocycles. The van der Waals surface area contributed by atoms with Crippen molar-refractivity contribution in [1.29, 1.82) is 0 Å². The number of carbonyl (C=O) groups excluding carboxylic acids is 1. The highest BCUT2D eigenvalue weighted by molar-refractivity contribution is 7.98. The number of anilines is 1. The predicted octanol–water partition coefficient (Wildman–Crippen LogP) is 4.83. The lowest BCUT2D eigenvalue weighted by Gasteiger charge is -2.25. The summed E-state index contributed by atoms with van der Waals surface area (Å²) in [5.74, 6) is -0.0149. The zero-order valence-electron chi connectivity index (χ0n) is 16.4. The van der Waals surface area contributed by atoms with Gasteiger partial charge in [0.2, 0.25) is 5.91 Å². The molecule has 7 heteroatoms. The van der Waals surface area contributed by atoms with Crippen molar-refractivity contribution in [2.75, 3.05) is 5.32 Å². The van der Waals surface area contributed by atoms with E-state index >= 15 is 0 Å². The molecule has 0 fully saturated rings. The first kappa shape index (κ1) is 19.5. The Morgan fingerprint density at radius 1 is 1.00 bits per heavy atom. The summed E-state index contributed by atoms with van der Waals surface area (Å²) in [5.41, 5.74) is 2.06. The lowest BCUT2D eigenvalue weighted by Crippen LogP contribution is -2.31. The van der Waals surface area contributed by atoms with Crippen molar-refractivity contribution in [2.45, 2.75) is 23.2 Å². The van der Waals surface area contributed by atoms with Crippen molar-refractivity contribution >= 4 is 34.3 Å². The smallest absolute Gasteiger partial charge is 0.257 e. The van der Waals surface area contributed by atoms with Gasteiger partial charge in [-0.25, -0.2) is 9.37 Å². The topological polar surface area (TPSA) is 74.8 Å². The van der Waals surface area contributed by atoms with Crippen LogP contribution in [-0.2, 0) is 10.5 Å². The van der Waals surface area contributed by atoms with Crippen LogP contribution >= 0.6 is 11.8 Å². The zero-order chi connectivity index (χ0) is 21.4. The minimum Gasteiger partial charge on any atom is -0.310 e. The van der Waals surface area contributed by atoms with Gasteiger partial charge in [0.15, 0.2) is 5.16 Å². The lowest BCUT2D eigenvalue weighted by molar-refractivity contribution is -0.116. The maximum atomic E-state index is 13.1. The molecule has 0 radical (unpaired) electrons. The van der Waals surface area contributed by atoms with Crippen molar-refractivity contribution in [1.82, 2.24) is 9.97 Å². The van der Waals surface area contributed by atoms with Crippen LogP contribution in [-0.4, -0.2) is 15.9 Å². The van der Waals surface area contributed by atoms with Crippen LogP contribution in [0.5, 0.6) is 0 Å². The van der Waals surface area contributed by atoms with Gasteiger partial charge in [-0.15, -0.1) is 0 Å². The van der Waals surface area contributed by atoms with Crippen LogP contribution in [0.1, 0.15) is 29.0 Å². The summed E-state index contributed by atoms with van der Waals surface area (Å²) in [6.07, 6.45) is 0.188. The van der Waals surface area contributed by atoms with Crippen LogP contribution in [0.25, 0.3) is 10.8 Å². The highest BCUT2D eigenvalue weighted by Gasteiger charge is 2.31. The number of benzene rings is 3. The van der Waals surface area contributed by atoms with Crippen molar-refractivity contribution in [3.8, 4) is 0 Å². The Morgan fingerprint density at radius 2 is 1.77 bits per heavy atom. The van der Waals surface area contributed by atoms with Gasteiger partial charge in [0.05, 0.1) is 5.56 Å². The molecule has 0 saturated heterocycles. The van der Waals surface area contributed by atoms with Crippen LogP contribution in [0, 0.1) is 5.82 Å². The number of carbonyl (C=O) groups is 1. The van der Waals surface area contributed by atoms with E-state index in [1.54, 1.807) is 12.1 Å². The standard InChI is InChI=1S/C24H18FN3O2S/c25-16-10-8-14(9-11-16)13-31-24-27-22-21(23(30)28-24)19(12-20(29)26-22)18-7-3-5-15-4-1-2-6-17(15)18/h1-11,19H,12-13H2,(H2,26,27,28,29,30). The van der Waals surface area contributed by atoms with Crippen LogP contribution in [0.4, 0.5) is 10.2 Å². The first-order chi connectivity index (χ1) is 15.1. The Balaban J connectivity index is 1.52. The van der Waals surface area contributed by atoms with Gasteiger partial charge in [-0.3, -0.25) is 9.59 Å². The fourth-order valence-corrected chi connectivity index (χ4v) is 4.79. The summed E-state index contributed by atoms with van der Waals surface area (Å²) in [6.45, 7) is 0. The van der Waals surface area contributed by atoms with Crippen molar-refractivity contribution < 1.29 is 9.18 Å². The summed E-state index contributed by atoms with van der Waals surface area (Å²) in [4.78, 5) is 32.9. The number of thioether (sulfide) groups is 1. The van der Waals surface area contributed by atoms with Gasteiger partial charge < -0.3 is 10.3 Å². The number of nitrogens with one attached hydrogen (secondary N) is 2. The van der Waals surface area contributed by atoms with Gasteiger partial charge in [0.25, 0.3) is 5.56 Å². The number of fused-ring (bicyclic) bond motifs is 2. The maximum Gasteiger partial charge on any atom is 0.257 e. The molecule has 2 N–H and O–H groups in total.